The van der Waals surface area contributed by atoms with Gasteiger partial charge in [-0.2, -0.15) is 0 Å². The van der Waals surface area contributed by atoms with Gasteiger partial charge in [-0.3, -0.25) is 0 Å². The lowest BCUT2D eigenvalue weighted by atomic mass is 10.5. The maximum Gasteiger partial charge on any atom is 0.0273 e. The summed E-state index contributed by atoms with van der Waals surface area (Å²) in [5.74, 6) is 0. The molecule has 1 heterocycles. The van der Waals surface area contributed by atoms with E-state index in [0.29, 0.717) is 0 Å². The Morgan fingerprint density at radius 2 is 2.38 bits per heavy atom. The molecule has 0 saturated heterocycles. The standard InChI is InChI=1S/C6H9NS/c1-7-5-3-2-4-6-8-7/h2-4,6H,5H2,1H3. The summed E-state index contributed by atoms with van der Waals surface area (Å²) in [6.07, 6.45) is 6.25. The second kappa shape index (κ2) is 2.95. The monoisotopic (exact) mass is 127 g/mol. The summed E-state index contributed by atoms with van der Waals surface area (Å²) in [7, 11) is 2.07. The lowest BCUT2D eigenvalue weighted by Crippen LogP contribution is -2.05. The van der Waals surface area contributed by atoms with E-state index in [4.69, 9.17) is 0 Å². The fourth-order valence-corrected chi connectivity index (χ4v) is 1.06. The van der Waals surface area contributed by atoms with Crippen LogP contribution in [-0.4, -0.2) is 17.9 Å². The molecule has 0 aromatic carbocycles. The molecule has 8 heavy (non-hydrogen) atoms. The van der Waals surface area contributed by atoms with E-state index in [2.05, 4.69) is 28.9 Å². The first-order valence-corrected chi connectivity index (χ1v) is 3.43. The van der Waals surface area contributed by atoms with Gasteiger partial charge >= 0.3 is 0 Å². The van der Waals surface area contributed by atoms with Crippen LogP contribution in [0, 0.1) is 0 Å². The van der Waals surface area contributed by atoms with Crippen LogP contribution in [0.3, 0.4) is 0 Å². The summed E-state index contributed by atoms with van der Waals surface area (Å²) < 4.78 is 2.17. The van der Waals surface area contributed by atoms with Gasteiger partial charge in [-0.15, -0.1) is 0 Å². The van der Waals surface area contributed by atoms with E-state index in [0.717, 1.165) is 6.54 Å². The number of rotatable bonds is 0. The van der Waals surface area contributed by atoms with Gasteiger partial charge in [0.25, 0.3) is 0 Å². The molecule has 0 radical (unpaired) electrons. The molecule has 0 bridgehead atoms. The second-order valence-corrected chi connectivity index (χ2v) is 2.78. The minimum atomic E-state index is 1.04. The number of likely N-dealkylation sites (N-methyl/N-ethyl adjacent to an activating group) is 1. The van der Waals surface area contributed by atoms with Crippen molar-refractivity contribution in [3.63, 3.8) is 0 Å². The third-order valence-corrected chi connectivity index (χ3v) is 1.72. The number of hydrogen-bond acceptors (Lipinski definition) is 2. The molecule has 0 fully saturated rings. The molecule has 0 saturated carbocycles. The van der Waals surface area contributed by atoms with Crippen molar-refractivity contribution in [3.8, 4) is 0 Å². The van der Waals surface area contributed by atoms with Crippen molar-refractivity contribution in [2.24, 2.45) is 0 Å². The Kier molecular flexibility index (Phi) is 2.18. The first-order chi connectivity index (χ1) is 3.89. The topological polar surface area (TPSA) is 3.24 Å². The van der Waals surface area contributed by atoms with Crippen LogP contribution in [-0.2, 0) is 0 Å². The maximum absolute atomic E-state index is 2.17. The molecule has 1 aliphatic rings. The van der Waals surface area contributed by atoms with E-state index < -0.39 is 0 Å². The average molecular weight is 127 g/mol. The Labute approximate surface area is 54.2 Å². The van der Waals surface area contributed by atoms with Gasteiger partial charge < -0.3 is 0 Å². The minimum Gasteiger partial charge on any atom is -0.246 e. The van der Waals surface area contributed by atoms with Gasteiger partial charge in [0.1, 0.15) is 0 Å². The summed E-state index contributed by atoms with van der Waals surface area (Å²) in [6, 6.07) is 0. The van der Waals surface area contributed by atoms with E-state index in [9.17, 15) is 0 Å². The molecule has 1 aliphatic heterocycles. The van der Waals surface area contributed by atoms with Gasteiger partial charge in [0, 0.05) is 6.54 Å². The third kappa shape index (κ3) is 1.72. The Morgan fingerprint density at radius 3 is 3.25 bits per heavy atom. The highest BCUT2D eigenvalue weighted by molar-refractivity contribution is 7.99. The van der Waals surface area contributed by atoms with E-state index in [-0.39, 0.29) is 0 Å². The van der Waals surface area contributed by atoms with Gasteiger partial charge in [0.05, 0.1) is 0 Å². The molecule has 0 aliphatic carbocycles. The number of hydrogen-bond donors (Lipinski definition) is 0. The largest absolute Gasteiger partial charge is 0.246 e. The lowest BCUT2D eigenvalue weighted by Gasteiger charge is -2.06. The predicted octanol–water partition coefficient (Wildman–Crippen LogP) is 1.65. The Morgan fingerprint density at radius 1 is 1.50 bits per heavy atom. The van der Waals surface area contributed by atoms with E-state index in [1.807, 2.05) is 6.08 Å². The normalized spacial score (nSPS) is 21.1. The van der Waals surface area contributed by atoms with Crippen LogP contribution in [0.1, 0.15) is 0 Å². The zero-order chi connectivity index (χ0) is 5.82. The van der Waals surface area contributed by atoms with Crippen molar-refractivity contribution >= 4 is 11.9 Å². The van der Waals surface area contributed by atoms with Crippen LogP contribution >= 0.6 is 11.9 Å². The summed E-state index contributed by atoms with van der Waals surface area (Å²) in [6.45, 7) is 1.04. The van der Waals surface area contributed by atoms with Crippen LogP contribution in [0.4, 0.5) is 0 Å². The molecular weight excluding hydrogens is 118 g/mol. The zero-order valence-electron chi connectivity index (χ0n) is 4.87. The van der Waals surface area contributed by atoms with E-state index in [1.165, 1.54) is 0 Å². The molecule has 0 amide bonds. The van der Waals surface area contributed by atoms with Crippen LogP contribution < -0.4 is 0 Å². The molecule has 0 unspecified atom stereocenters. The summed E-state index contributed by atoms with van der Waals surface area (Å²) in [5, 5.41) is 2.07. The van der Waals surface area contributed by atoms with Crippen molar-refractivity contribution in [2.75, 3.05) is 13.6 Å². The third-order valence-electron chi connectivity index (χ3n) is 0.929. The quantitative estimate of drug-likeness (QED) is 0.455. The van der Waals surface area contributed by atoms with Crippen molar-refractivity contribution in [2.45, 2.75) is 0 Å². The first-order valence-electron chi connectivity index (χ1n) is 2.59. The second-order valence-electron chi connectivity index (χ2n) is 1.67. The Balaban J connectivity index is 2.45. The van der Waals surface area contributed by atoms with Crippen molar-refractivity contribution in [1.82, 2.24) is 4.31 Å². The van der Waals surface area contributed by atoms with Gasteiger partial charge in [-0.25, -0.2) is 4.31 Å². The molecule has 2 heteroatoms. The molecular formula is C6H9NS. The SMILES string of the molecule is CN1CC=CC=CS1. The highest BCUT2D eigenvalue weighted by atomic mass is 32.2. The van der Waals surface area contributed by atoms with Crippen molar-refractivity contribution < 1.29 is 0 Å². The average Bonchev–Trinajstić information content (AvgIpc) is 1.94. The van der Waals surface area contributed by atoms with Crippen LogP contribution in [0.5, 0.6) is 0 Å². The van der Waals surface area contributed by atoms with Crippen LogP contribution in [0.25, 0.3) is 0 Å². The van der Waals surface area contributed by atoms with Gasteiger partial charge in [0.2, 0.25) is 0 Å². The fraction of sp³-hybridized carbons (Fsp3) is 0.333. The number of allylic oxidation sites excluding steroid dienone is 2. The highest BCUT2D eigenvalue weighted by Crippen LogP contribution is 2.09. The number of nitrogens with zero attached hydrogens (tertiary/aromatic N) is 1. The molecule has 1 rings (SSSR count). The summed E-state index contributed by atoms with van der Waals surface area (Å²) in [5.41, 5.74) is 0. The van der Waals surface area contributed by atoms with Crippen LogP contribution in [0.15, 0.2) is 23.6 Å². The first kappa shape index (κ1) is 5.92. The van der Waals surface area contributed by atoms with E-state index >= 15 is 0 Å². The maximum atomic E-state index is 2.17. The fourth-order valence-electron chi connectivity index (χ4n) is 0.515. The van der Waals surface area contributed by atoms with Gasteiger partial charge in [-0.05, 0) is 12.5 Å². The molecule has 0 atom stereocenters. The van der Waals surface area contributed by atoms with Crippen molar-refractivity contribution in [3.05, 3.63) is 23.6 Å². The van der Waals surface area contributed by atoms with Crippen LogP contribution in [0.2, 0.25) is 0 Å². The zero-order valence-corrected chi connectivity index (χ0v) is 5.69. The minimum absolute atomic E-state index is 1.04. The van der Waals surface area contributed by atoms with Gasteiger partial charge in [0.15, 0.2) is 0 Å². The molecule has 0 aromatic heterocycles. The molecule has 44 valence electrons. The molecule has 1 nitrogen and oxygen atoms in total. The predicted molar refractivity (Wildman–Crippen MR) is 38.5 cm³/mol. The smallest absolute Gasteiger partial charge is 0.0273 e. The molecule has 0 spiro atoms. The van der Waals surface area contributed by atoms with Gasteiger partial charge in [-0.1, -0.05) is 30.2 Å². The Bertz CT molecular complexity index is 104. The lowest BCUT2D eigenvalue weighted by molar-refractivity contribution is 0.641. The molecule has 0 N–H and O–H groups in total. The Hall–Kier alpha value is -0.210. The van der Waals surface area contributed by atoms with Crippen molar-refractivity contribution in [1.29, 1.82) is 0 Å². The molecule has 0 aromatic rings. The summed E-state index contributed by atoms with van der Waals surface area (Å²) in [4.78, 5) is 0. The summed E-state index contributed by atoms with van der Waals surface area (Å²) >= 11 is 1.73. The van der Waals surface area contributed by atoms with E-state index in [1.54, 1.807) is 11.9 Å². The highest BCUT2D eigenvalue weighted by Gasteiger charge is 1.91.